The zero-order chi connectivity index (χ0) is 14.8. The summed E-state index contributed by atoms with van der Waals surface area (Å²) >= 11 is 3.31. The third kappa shape index (κ3) is 2.65. The van der Waals surface area contributed by atoms with Crippen LogP contribution in [-0.2, 0) is 0 Å². The molecule has 0 saturated heterocycles. The monoisotopic (exact) mass is 350 g/mol. The first-order valence-corrected chi connectivity index (χ1v) is 6.52. The molecule has 21 heavy (non-hydrogen) atoms. The average molecular weight is 351 g/mol. The second-order valence-electron chi connectivity index (χ2n) is 4.01. The number of aromatic nitrogens is 2. The van der Waals surface area contributed by atoms with Crippen LogP contribution in [0.2, 0.25) is 0 Å². The average Bonchev–Trinajstić information content (AvgIpc) is 3.10. The van der Waals surface area contributed by atoms with Crippen LogP contribution in [0.1, 0.15) is 5.89 Å². The fraction of sp³-hybridized carbons (Fsp3) is 0.0909. The van der Waals surface area contributed by atoms with Crippen LogP contribution in [0.5, 0.6) is 0 Å². The summed E-state index contributed by atoms with van der Waals surface area (Å²) in [7, 11) is 0. The molecule has 10 heteroatoms. The van der Waals surface area contributed by atoms with Gasteiger partial charge in [-0.05, 0) is 24.3 Å². The number of nitro groups is 1. The lowest BCUT2D eigenvalue weighted by Gasteiger charge is -2.03. The fourth-order valence-corrected chi connectivity index (χ4v) is 2.02. The van der Waals surface area contributed by atoms with E-state index in [0.29, 0.717) is 5.69 Å². The molecule has 1 aliphatic rings. The normalized spacial score (nSPS) is 19.4. The molecule has 0 fully saturated rings. The summed E-state index contributed by atoms with van der Waals surface area (Å²) in [6, 6.07) is 5.75. The highest BCUT2D eigenvalue weighted by Gasteiger charge is 2.42. The van der Waals surface area contributed by atoms with Crippen molar-refractivity contribution in [1.82, 2.24) is 15.6 Å². The summed E-state index contributed by atoms with van der Waals surface area (Å²) in [5.74, 6) is 0.0840. The van der Waals surface area contributed by atoms with Crippen LogP contribution in [0.3, 0.4) is 0 Å². The van der Waals surface area contributed by atoms with Crippen LogP contribution < -0.4 is 5.43 Å². The lowest BCUT2D eigenvalue weighted by Crippen LogP contribution is -2.37. The van der Waals surface area contributed by atoms with Crippen molar-refractivity contribution in [1.29, 1.82) is 0 Å². The van der Waals surface area contributed by atoms with Gasteiger partial charge in [0.15, 0.2) is 0 Å². The van der Waals surface area contributed by atoms with Crippen molar-refractivity contribution < 1.29 is 9.34 Å². The van der Waals surface area contributed by atoms with Crippen molar-refractivity contribution in [2.45, 2.75) is 6.04 Å². The zero-order valence-electron chi connectivity index (χ0n) is 10.3. The van der Waals surface area contributed by atoms with Gasteiger partial charge < -0.3 is 4.42 Å². The number of halogens is 1. The third-order valence-corrected chi connectivity index (χ3v) is 3.20. The largest absolute Gasteiger partial charge is 0.422 e. The van der Waals surface area contributed by atoms with Crippen LogP contribution in [-0.4, -0.2) is 32.7 Å². The van der Waals surface area contributed by atoms with Crippen LogP contribution in [0.15, 0.2) is 49.6 Å². The maximum atomic E-state index is 11.3. The van der Waals surface area contributed by atoms with Crippen molar-refractivity contribution in [2.24, 2.45) is 10.1 Å². The molecule has 0 saturated carbocycles. The number of hydrogen-bond donors (Lipinski definition) is 1. The molecule has 1 aromatic carbocycles. The van der Waals surface area contributed by atoms with E-state index in [0.717, 1.165) is 10.9 Å². The van der Waals surface area contributed by atoms with E-state index in [1.54, 1.807) is 24.3 Å². The molecular weight excluding hydrogens is 344 g/mol. The molecule has 0 amide bonds. The smallest absolute Gasteiger partial charge is 0.319 e. The highest BCUT2D eigenvalue weighted by Crippen LogP contribution is 2.19. The maximum Gasteiger partial charge on any atom is 0.319 e. The number of benzene rings is 1. The van der Waals surface area contributed by atoms with E-state index in [1.807, 2.05) is 0 Å². The summed E-state index contributed by atoms with van der Waals surface area (Å²) in [4.78, 5) is 15.0. The molecule has 1 aliphatic heterocycles. The van der Waals surface area contributed by atoms with E-state index in [2.05, 4.69) is 41.6 Å². The summed E-state index contributed by atoms with van der Waals surface area (Å²) < 4.78 is 5.84. The molecule has 1 unspecified atom stereocenters. The standard InChI is InChI=1S/C11H7BrN6O3/c12-6-1-3-7(4-2-6)14-10-9(18(19)20)8(15-16-10)11-17-13-5-21-11/h1-5,9H,(H,14,16). The highest BCUT2D eigenvalue weighted by molar-refractivity contribution is 9.10. The van der Waals surface area contributed by atoms with E-state index in [9.17, 15) is 10.1 Å². The molecule has 1 N–H and O–H groups in total. The van der Waals surface area contributed by atoms with Gasteiger partial charge in [-0.1, -0.05) is 15.9 Å². The Morgan fingerprint density at radius 1 is 1.38 bits per heavy atom. The second kappa shape index (κ2) is 5.40. The van der Waals surface area contributed by atoms with Gasteiger partial charge in [0.1, 0.15) is 0 Å². The third-order valence-electron chi connectivity index (χ3n) is 2.68. The lowest BCUT2D eigenvalue weighted by molar-refractivity contribution is -0.484. The first-order valence-electron chi connectivity index (χ1n) is 5.73. The molecule has 0 bridgehead atoms. The number of aliphatic imine (C=N–C) groups is 1. The number of nitrogens with zero attached hydrogens (tertiary/aromatic N) is 5. The highest BCUT2D eigenvalue weighted by atomic mass is 79.9. The summed E-state index contributed by atoms with van der Waals surface area (Å²) in [6.07, 6.45) is 1.08. The van der Waals surface area contributed by atoms with E-state index in [-0.39, 0.29) is 17.4 Å². The lowest BCUT2D eigenvalue weighted by atomic mass is 10.2. The Morgan fingerprint density at radius 3 is 2.76 bits per heavy atom. The topological polar surface area (TPSA) is 119 Å². The molecule has 1 atom stereocenters. The number of amidine groups is 1. The number of nitrogens with one attached hydrogen (secondary N) is 1. The zero-order valence-corrected chi connectivity index (χ0v) is 11.9. The van der Waals surface area contributed by atoms with Crippen molar-refractivity contribution >= 4 is 33.2 Å². The molecule has 9 nitrogen and oxygen atoms in total. The van der Waals surface area contributed by atoms with Gasteiger partial charge in [-0.15, -0.1) is 10.2 Å². The van der Waals surface area contributed by atoms with Gasteiger partial charge in [-0.25, -0.2) is 4.99 Å². The maximum absolute atomic E-state index is 11.3. The molecule has 0 radical (unpaired) electrons. The van der Waals surface area contributed by atoms with E-state index >= 15 is 0 Å². The van der Waals surface area contributed by atoms with Gasteiger partial charge in [0.25, 0.3) is 5.89 Å². The molecule has 1 aromatic heterocycles. The Morgan fingerprint density at radius 2 is 2.14 bits per heavy atom. The Hall–Kier alpha value is -2.62. The summed E-state index contributed by atoms with van der Waals surface area (Å²) in [5, 5.41) is 22.3. The molecule has 0 spiro atoms. The van der Waals surface area contributed by atoms with E-state index < -0.39 is 11.0 Å². The summed E-state index contributed by atoms with van der Waals surface area (Å²) in [5.41, 5.74) is 3.15. The first-order chi connectivity index (χ1) is 10.1. The van der Waals surface area contributed by atoms with E-state index in [4.69, 9.17) is 4.42 Å². The van der Waals surface area contributed by atoms with E-state index in [1.165, 1.54) is 0 Å². The van der Waals surface area contributed by atoms with Gasteiger partial charge in [0, 0.05) is 9.40 Å². The van der Waals surface area contributed by atoms with Gasteiger partial charge in [-0.2, -0.15) is 5.10 Å². The van der Waals surface area contributed by atoms with Crippen LogP contribution >= 0.6 is 15.9 Å². The molecule has 2 heterocycles. The number of hydrogen-bond acceptors (Lipinski definition) is 7. The minimum absolute atomic E-state index is 0.00907. The van der Waals surface area contributed by atoms with Crippen LogP contribution in [0.4, 0.5) is 5.69 Å². The Labute approximate surface area is 126 Å². The SMILES string of the molecule is O=[N+]([O-])C1C(=Nc2ccc(Br)cc2)NN=C1c1nnco1. The van der Waals surface area contributed by atoms with Crippen molar-refractivity contribution in [2.75, 3.05) is 0 Å². The molecule has 106 valence electrons. The molecule has 3 rings (SSSR count). The second-order valence-corrected chi connectivity index (χ2v) is 4.93. The van der Waals surface area contributed by atoms with Gasteiger partial charge in [-0.3, -0.25) is 15.5 Å². The van der Waals surface area contributed by atoms with Gasteiger partial charge in [0.05, 0.1) is 5.69 Å². The van der Waals surface area contributed by atoms with Crippen LogP contribution in [0, 0.1) is 10.1 Å². The van der Waals surface area contributed by atoms with Crippen LogP contribution in [0.25, 0.3) is 0 Å². The molecule has 0 aliphatic carbocycles. The van der Waals surface area contributed by atoms with Crippen molar-refractivity contribution in [3.8, 4) is 0 Å². The van der Waals surface area contributed by atoms with Crippen molar-refractivity contribution in [3.05, 3.63) is 51.1 Å². The molecule has 2 aromatic rings. The summed E-state index contributed by atoms with van der Waals surface area (Å²) in [6.45, 7) is 0. The number of hydrazone groups is 1. The van der Waals surface area contributed by atoms with Gasteiger partial charge in [0.2, 0.25) is 17.9 Å². The predicted octanol–water partition coefficient (Wildman–Crippen LogP) is 1.51. The number of rotatable bonds is 3. The van der Waals surface area contributed by atoms with Crippen molar-refractivity contribution in [3.63, 3.8) is 0 Å². The fourth-order valence-electron chi connectivity index (χ4n) is 1.76. The molecular formula is C11H7BrN6O3. The Bertz CT molecular complexity index is 725. The Balaban J connectivity index is 1.94. The predicted molar refractivity (Wildman–Crippen MR) is 76.0 cm³/mol. The quantitative estimate of drug-likeness (QED) is 0.661. The van der Waals surface area contributed by atoms with Gasteiger partial charge >= 0.3 is 6.04 Å². The minimum atomic E-state index is -1.27. The minimum Gasteiger partial charge on any atom is -0.422 e. The first kappa shape index (κ1) is 13.4. The Kier molecular flexibility index (Phi) is 3.44.